The predicted octanol–water partition coefficient (Wildman–Crippen LogP) is 15.2. The molecule has 0 radical (unpaired) electrons. The second kappa shape index (κ2) is 14.1. The molecular weight excluding hydrogens is 739 g/mol. The van der Waals surface area contributed by atoms with E-state index in [1.165, 1.54) is 88.0 Å². The highest BCUT2D eigenvalue weighted by Crippen LogP contribution is 2.60. The number of nitroso groups, excluding NO2 is 1. The van der Waals surface area contributed by atoms with Gasteiger partial charge in [-0.2, -0.15) is 4.91 Å². The summed E-state index contributed by atoms with van der Waals surface area (Å²) in [6.45, 7) is 0. The smallest absolute Gasteiger partial charge is 0.121 e. The summed E-state index contributed by atoms with van der Waals surface area (Å²) in [5, 5.41) is 11.3. The van der Waals surface area contributed by atoms with E-state index in [0.29, 0.717) is 0 Å². The fourth-order valence-corrected chi connectivity index (χ4v) is 11.2. The maximum Gasteiger partial charge on any atom is 0.121 e. The molecule has 9 aromatic rings. The van der Waals surface area contributed by atoms with Crippen molar-refractivity contribution in [3.63, 3.8) is 0 Å². The highest BCUT2D eigenvalue weighted by atomic mass is 16.3. The highest BCUT2D eigenvalue weighted by Gasteiger charge is 2.53. The molecule has 0 saturated carbocycles. The molecule has 0 heterocycles. The van der Waals surface area contributed by atoms with E-state index in [4.69, 9.17) is 0 Å². The number of hydrogen-bond acceptors (Lipinski definition) is 2. The largest absolute Gasteiger partial charge is 0.150 e. The van der Waals surface area contributed by atoms with Gasteiger partial charge >= 0.3 is 0 Å². The third-order valence-corrected chi connectivity index (χ3v) is 13.8. The van der Waals surface area contributed by atoms with Gasteiger partial charge in [-0.1, -0.05) is 211 Å². The second-order valence-electron chi connectivity index (χ2n) is 16.8. The zero-order valence-corrected chi connectivity index (χ0v) is 33.6. The van der Waals surface area contributed by atoms with Crippen LogP contribution in [0.5, 0.6) is 0 Å². The molecule has 2 heteroatoms. The number of hydrogen-bond donors (Lipinski definition) is 0. The second-order valence-corrected chi connectivity index (χ2v) is 16.8. The van der Waals surface area contributed by atoms with Gasteiger partial charge < -0.3 is 0 Å². The molecule has 9 aromatic carbocycles. The van der Waals surface area contributed by atoms with Crippen LogP contribution in [-0.2, 0) is 11.8 Å². The van der Waals surface area contributed by atoms with Gasteiger partial charge in [0.15, 0.2) is 0 Å². The van der Waals surface area contributed by atoms with Crippen molar-refractivity contribution in [3.8, 4) is 33.4 Å². The zero-order chi connectivity index (χ0) is 40.5. The summed E-state index contributed by atoms with van der Waals surface area (Å²) in [7, 11) is 0. The van der Waals surface area contributed by atoms with Crippen molar-refractivity contribution >= 4 is 38.4 Å². The van der Waals surface area contributed by atoms with Gasteiger partial charge in [-0.05, 0) is 124 Å². The van der Waals surface area contributed by atoms with Crippen LogP contribution in [0.3, 0.4) is 0 Å². The Morgan fingerprint density at radius 1 is 0.557 bits per heavy atom. The molecule has 2 unspecified atom stereocenters. The Morgan fingerprint density at radius 3 is 1.97 bits per heavy atom. The minimum absolute atomic E-state index is 0.146. The van der Waals surface area contributed by atoms with E-state index in [1.54, 1.807) is 0 Å². The van der Waals surface area contributed by atoms with Gasteiger partial charge in [0.2, 0.25) is 0 Å². The SMILES string of the molecule is O=NC1C=CC=C2C1c1ccc(-c3ccc(-c4c5ccccc5c(-c5cccc6ccccc56)c5ccc6c(c45)C=CCC6)cc3)cc1C2(c1ccccc1)c1ccccc1. The lowest BCUT2D eigenvalue weighted by atomic mass is 9.65. The quantitative estimate of drug-likeness (QED) is 0.122. The van der Waals surface area contributed by atoms with Crippen molar-refractivity contribution in [1.82, 2.24) is 0 Å². The van der Waals surface area contributed by atoms with Crippen LogP contribution in [0.2, 0.25) is 0 Å². The number of rotatable bonds is 6. The van der Waals surface area contributed by atoms with Crippen LogP contribution in [0.25, 0.3) is 71.8 Å². The van der Waals surface area contributed by atoms with Gasteiger partial charge in [0.1, 0.15) is 6.04 Å². The molecule has 0 spiro atoms. The van der Waals surface area contributed by atoms with Crippen molar-refractivity contribution in [2.24, 2.45) is 5.18 Å². The Labute approximate surface area is 355 Å². The fraction of sp³-hybridized carbons (Fsp3) is 0.0847. The minimum Gasteiger partial charge on any atom is -0.150 e. The zero-order valence-electron chi connectivity index (χ0n) is 33.6. The van der Waals surface area contributed by atoms with Crippen LogP contribution in [-0.4, -0.2) is 6.04 Å². The lowest BCUT2D eigenvalue weighted by Crippen LogP contribution is -2.31. The van der Waals surface area contributed by atoms with Crippen LogP contribution in [0.1, 0.15) is 45.7 Å². The predicted molar refractivity (Wildman–Crippen MR) is 255 cm³/mol. The topological polar surface area (TPSA) is 29.4 Å². The summed E-state index contributed by atoms with van der Waals surface area (Å²) in [6.07, 6.45) is 13.0. The van der Waals surface area contributed by atoms with Gasteiger partial charge in [-0.3, -0.25) is 0 Å². The lowest BCUT2D eigenvalue weighted by molar-refractivity contribution is 0.637. The molecule has 3 aliphatic carbocycles. The fourth-order valence-electron chi connectivity index (χ4n) is 11.2. The number of benzene rings is 9. The van der Waals surface area contributed by atoms with Crippen molar-refractivity contribution in [2.75, 3.05) is 0 Å². The molecule has 0 aliphatic heterocycles. The van der Waals surface area contributed by atoms with Crippen LogP contribution < -0.4 is 0 Å². The van der Waals surface area contributed by atoms with E-state index in [1.807, 2.05) is 12.2 Å². The van der Waals surface area contributed by atoms with Gasteiger partial charge in [0.05, 0.1) is 5.41 Å². The average Bonchev–Trinajstić information content (AvgIpc) is 3.64. The van der Waals surface area contributed by atoms with Crippen LogP contribution in [0.4, 0.5) is 0 Å². The summed E-state index contributed by atoms with van der Waals surface area (Å²) in [5.74, 6) is -0.146. The summed E-state index contributed by atoms with van der Waals surface area (Å²) in [5.41, 5.74) is 15.4. The number of allylic oxidation sites excluding steroid dienone is 3. The van der Waals surface area contributed by atoms with E-state index in [0.717, 1.165) is 29.5 Å². The molecule has 0 bridgehead atoms. The summed E-state index contributed by atoms with van der Waals surface area (Å²) in [6, 6.07) is 66.5. The minimum atomic E-state index is -0.581. The molecule has 0 saturated heterocycles. The number of aryl methyl sites for hydroxylation is 1. The Balaban J connectivity index is 1.07. The van der Waals surface area contributed by atoms with Gasteiger partial charge in [0, 0.05) is 5.92 Å². The average molecular weight is 780 g/mol. The summed E-state index contributed by atoms with van der Waals surface area (Å²) < 4.78 is 0. The van der Waals surface area contributed by atoms with Gasteiger partial charge in [-0.25, -0.2) is 0 Å². The first-order valence-electron chi connectivity index (χ1n) is 21.5. The molecule has 2 atom stereocenters. The third kappa shape index (κ3) is 5.28. The lowest BCUT2D eigenvalue weighted by Gasteiger charge is -2.36. The summed E-state index contributed by atoms with van der Waals surface area (Å²) in [4.78, 5) is 12.5. The Morgan fingerprint density at radius 2 is 1.21 bits per heavy atom. The maximum absolute atomic E-state index is 12.5. The Hall–Kier alpha value is -7.42. The molecule has 0 amide bonds. The monoisotopic (exact) mass is 779 g/mol. The molecule has 0 N–H and O–H groups in total. The molecule has 288 valence electrons. The van der Waals surface area contributed by atoms with Crippen molar-refractivity contribution in [3.05, 3.63) is 250 Å². The van der Waals surface area contributed by atoms with E-state index >= 15 is 0 Å². The first-order valence-corrected chi connectivity index (χ1v) is 21.5. The van der Waals surface area contributed by atoms with Crippen LogP contribution in [0, 0.1) is 4.91 Å². The first kappa shape index (κ1) is 35.5. The van der Waals surface area contributed by atoms with Crippen LogP contribution in [0.15, 0.2) is 217 Å². The molecule has 2 nitrogen and oxygen atoms in total. The highest BCUT2D eigenvalue weighted by molar-refractivity contribution is 6.25. The van der Waals surface area contributed by atoms with E-state index in [-0.39, 0.29) is 5.92 Å². The van der Waals surface area contributed by atoms with Crippen LogP contribution >= 0.6 is 0 Å². The molecule has 3 aliphatic rings. The van der Waals surface area contributed by atoms with Gasteiger partial charge in [0.25, 0.3) is 0 Å². The number of fused-ring (bicyclic) bond motifs is 8. The Bertz CT molecular complexity index is 3270. The van der Waals surface area contributed by atoms with E-state index < -0.39 is 11.5 Å². The third-order valence-electron chi connectivity index (χ3n) is 13.8. The maximum atomic E-state index is 12.5. The van der Waals surface area contributed by atoms with Crippen molar-refractivity contribution < 1.29 is 0 Å². The first-order chi connectivity index (χ1) is 30.2. The standard InChI is InChI=1S/C59H41NO/c61-60-54-28-14-27-52-58(54)50-35-34-42(37-53(50)59(52,43-18-3-1-4-19-43)44-20-5-2-6-21-44)38-29-31-41(32-30-38)55-48-24-11-12-25-49(48)56(47-26-13-17-39-15-7-9-22-45(39)47)51-36-33-40-16-8-10-23-46(40)57(51)55/h1-7,9-15,17-37,54,58H,8,16H2. The summed E-state index contributed by atoms with van der Waals surface area (Å²) >= 11 is 0. The molecule has 61 heavy (non-hydrogen) atoms. The molecular formula is C59H41NO. The normalized spacial score (nSPS) is 17.2. The van der Waals surface area contributed by atoms with Gasteiger partial charge in [-0.15, -0.1) is 0 Å². The van der Waals surface area contributed by atoms with E-state index in [9.17, 15) is 4.91 Å². The molecule has 0 aromatic heterocycles. The van der Waals surface area contributed by atoms with Crippen molar-refractivity contribution in [1.29, 1.82) is 0 Å². The molecule has 12 rings (SSSR count). The Kier molecular flexibility index (Phi) is 8.21. The van der Waals surface area contributed by atoms with Crippen molar-refractivity contribution in [2.45, 2.75) is 30.2 Å². The van der Waals surface area contributed by atoms with E-state index in [2.05, 4.69) is 205 Å². The number of nitrogens with zero attached hydrogens (tertiary/aromatic N) is 1. The molecule has 0 fully saturated rings.